The summed E-state index contributed by atoms with van der Waals surface area (Å²) in [5, 5.41) is 0. The molecule has 1 aromatic rings. The number of nitrogens with zero attached hydrogens (tertiary/aromatic N) is 1. The second-order valence-electron chi connectivity index (χ2n) is 7.01. The normalized spacial score (nSPS) is 13.1. The molecule has 20 heavy (non-hydrogen) atoms. The summed E-state index contributed by atoms with van der Waals surface area (Å²) in [5.74, 6) is 1.33. The van der Waals surface area contributed by atoms with E-state index >= 15 is 0 Å². The molecule has 0 aliphatic carbocycles. The van der Waals surface area contributed by atoms with Gasteiger partial charge >= 0.3 is 0 Å². The fourth-order valence-electron chi connectivity index (χ4n) is 2.69. The Balaban J connectivity index is 3.09. The van der Waals surface area contributed by atoms with Crippen LogP contribution in [0.1, 0.15) is 45.7 Å². The largest absolute Gasteiger partial charge is 0.371 e. The van der Waals surface area contributed by atoms with Gasteiger partial charge in [0.05, 0.1) is 0 Å². The van der Waals surface area contributed by atoms with E-state index in [1.54, 1.807) is 0 Å². The van der Waals surface area contributed by atoms with Crippen molar-refractivity contribution in [3.63, 3.8) is 0 Å². The van der Waals surface area contributed by atoms with Crippen LogP contribution in [0, 0.1) is 18.8 Å². The number of hydrogen-bond acceptors (Lipinski definition) is 2. The van der Waals surface area contributed by atoms with Crippen LogP contribution in [0.25, 0.3) is 0 Å². The lowest BCUT2D eigenvalue weighted by Crippen LogP contribution is -2.32. The van der Waals surface area contributed by atoms with Crippen molar-refractivity contribution in [2.24, 2.45) is 17.6 Å². The first kappa shape index (κ1) is 17.0. The summed E-state index contributed by atoms with van der Waals surface area (Å²) in [4.78, 5) is 2.53. The molecular formula is C18H32N2. The van der Waals surface area contributed by atoms with Crippen molar-refractivity contribution in [2.75, 3.05) is 18.0 Å². The molecule has 0 aliphatic heterocycles. The zero-order chi connectivity index (χ0) is 15.3. The zero-order valence-electron chi connectivity index (χ0n) is 14.1. The Labute approximate surface area is 125 Å². The lowest BCUT2D eigenvalue weighted by molar-refractivity contribution is 0.550. The first-order valence-corrected chi connectivity index (χ1v) is 7.89. The molecule has 0 amide bonds. The molecule has 2 nitrogen and oxygen atoms in total. The van der Waals surface area contributed by atoms with Crippen LogP contribution >= 0.6 is 0 Å². The first-order chi connectivity index (χ1) is 9.29. The van der Waals surface area contributed by atoms with Gasteiger partial charge in [0.2, 0.25) is 0 Å². The molecule has 1 atom stereocenters. The minimum absolute atomic E-state index is 0.204. The van der Waals surface area contributed by atoms with Crippen molar-refractivity contribution in [2.45, 2.75) is 54.0 Å². The maximum absolute atomic E-state index is 6.03. The highest BCUT2D eigenvalue weighted by Crippen LogP contribution is 2.25. The third-order valence-electron chi connectivity index (χ3n) is 3.29. The highest BCUT2D eigenvalue weighted by atomic mass is 15.1. The maximum Gasteiger partial charge on any atom is 0.0399 e. The van der Waals surface area contributed by atoms with Crippen molar-refractivity contribution >= 4 is 5.69 Å². The Morgan fingerprint density at radius 3 is 2.00 bits per heavy atom. The van der Waals surface area contributed by atoms with Gasteiger partial charge in [-0.3, -0.25) is 0 Å². The van der Waals surface area contributed by atoms with Crippen LogP contribution in [0.5, 0.6) is 0 Å². The molecule has 0 heterocycles. The van der Waals surface area contributed by atoms with Crippen molar-refractivity contribution in [1.82, 2.24) is 0 Å². The van der Waals surface area contributed by atoms with Crippen LogP contribution < -0.4 is 10.6 Å². The summed E-state index contributed by atoms with van der Waals surface area (Å²) in [6.45, 7) is 15.6. The van der Waals surface area contributed by atoms with Crippen molar-refractivity contribution in [1.29, 1.82) is 0 Å². The average Bonchev–Trinajstić information content (AvgIpc) is 2.25. The SMILES string of the molecule is Cc1ccc(N(CC(C)C)CC(C)C)c(CC(C)N)c1. The van der Waals surface area contributed by atoms with Crippen molar-refractivity contribution in [3.05, 3.63) is 29.3 Å². The second kappa shape index (κ2) is 7.68. The Morgan fingerprint density at radius 2 is 1.55 bits per heavy atom. The molecule has 0 aliphatic rings. The molecule has 0 saturated carbocycles. The van der Waals surface area contributed by atoms with Gasteiger partial charge in [-0.25, -0.2) is 0 Å². The van der Waals surface area contributed by atoms with E-state index in [4.69, 9.17) is 5.73 Å². The summed E-state index contributed by atoms with van der Waals surface area (Å²) in [6.07, 6.45) is 0.948. The molecule has 0 fully saturated rings. The molecule has 1 rings (SSSR count). The Hall–Kier alpha value is -1.02. The van der Waals surface area contributed by atoms with E-state index in [2.05, 4.69) is 64.6 Å². The quantitative estimate of drug-likeness (QED) is 0.815. The third kappa shape index (κ3) is 5.54. The molecule has 0 spiro atoms. The number of rotatable bonds is 7. The van der Waals surface area contributed by atoms with Gasteiger partial charge in [0.25, 0.3) is 0 Å². The zero-order valence-corrected chi connectivity index (χ0v) is 14.1. The Kier molecular flexibility index (Phi) is 6.54. The predicted molar refractivity (Wildman–Crippen MR) is 90.4 cm³/mol. The number of anilines is 1. The number of benzene rings is 1. The Bertz CT molecular complexity index is 398. The monoisotopic (exact) mass is 276 g/mol. The van der Waals surface area contributed by atoms with E-state index in [1.807, 2.05) is 0 Å². The molecule has 0 aromatic heterocycles. The highest BCUT2D eigenvalue weighted by Gasteiger charge is 2.15. The van der Waals surface area contributed by atoms with Crippen LogP contribution in [-0.4, -0.2) is 19.1 Å². The van der Waals surface area contributed by atoms with E-state index in [0.29, 0.717) is 11.8 Å². The van der Waals surface area contributed by atoms with Crippen LogP contribution in [0.15, 0.2) is 18.2 Å². The molecule has 2 heteroatoms. The standard InChI is InChI=1S/C18H32N2/c1-13(2)11-20(12-14(3)4)18-8-7-15(5)9-17(18)10-16(6)19/h7-9,13-14,16H,10-12,19H2,1-6H3. The lowest BCUT2D eigenvalue weighted by atomic mass is 10.0. The van der Waals surface area contributed by atoms with E-state index < -0.39 is 0 Å². The van der Waals surface area contributed by atoms with Crippen LogP contribution in [-0.2, 0) is 6.42 Å². The predicted octanol–water partition coefficient (Wildman–Crippen LogP) is 4.00. The number of aryl methyl sites for hydroxylation is 1. The summed E-state index contributed by atoms with van der Waals surface area (Å²) in [7, 11) is 0. The molecule has 114 valence electrons. The van der Waals surface area contributed by atoms with Gasteiger partial charge in [0.1, 0.15) is 0 Å². The highest BCUT2D eigenvalue weighted by molar-refractivity contribution is 5.55. The van der Waals surface area contributed by atoms with Gasteiger partial charge in [-0.1, -0.05) is 45.4 Å². The fourth-order valence-corrected chi connectivity index (χ4v) is 2.69. The fraction of sp³-hybridized carbons (Fsp3) is 0.667. The maximum atomic E-state index is 6.03. The lowest BCUT2D eigenvalue weighted by Gasteiger charge is -2.31. The van der Waals surface area contributed by atoms with Crippen molar-refractivity contribution < 1.29 is 0 Å². The summed E-state index contributed by atoms with van der Waals surface area (Å²) >= 11 is 0. The van der Waals surface area contributed by atoms with Gasteiger partial charge in [-0.15, -0.1) is 0 Å². The van der Waals surface area contributed by atoms with Crippen molar-refractivity contribution in [3.8, 4) is 0 Å². The van der Waals surface area contributed by atoms with E-state index in [1.165, 1.54) is 16.8 Å². The molecule has 2 N–H and O–H groups in total. The van der Waals surface area contributed by atoms with E-state index in [9.17, 15) is 0 Å². The second-order valence-corrected chi connectivity index (χ2v) is 7.01. The first-order valence-electron chi connectivity index (χ1n) is 7.89. The van der Waals surface area contributed by atoms with Crippen LogP contribution in [0.2, 0.25) is 0 Å². The average molecular weight is 276 g/mol. The summed E-state index contributed by atoms with van der Waals surface area (Å²) in [5.41, 5.74) is 10.1. The van der Waals surface area contributed by atoms with Gasteiger partial charge in [0.15, 0.2) is 0 Å². The molecule has 1 aromatic carbocycles. The van der Waals surface area contributed by atoms with E-state index in [0.717, 1.165) is 19.5 Å². The Morgan fingerprint density at radius 1 is 1.00 bits per heavy atom. The minimum atomic E-state index is 0.204. The smallest absolute Gasteiger partial charge is 0.0399 e. The van der Waals surface area contributed by atoms with Crippen LogP contribution in [0.3, 0.4) is 0 Å². The van der Waals surface area contributed by atoms with E-state index in [-0.39, 0.29) is 6.04 Å². The van der Waals surface area contributed by atoms with Gasteiger partial charge in [-0.05, 0) is 43.7 Å². The summed E-state index contributed by atoms with van der Waals surface area (Å²) in [6, 6.07) is 6.99. The van der Waals surface area contributed by atoms with Gasteiger partial charge < -0.3 is 10.6 Å². The minimum Gasteiger partial charge on any atom is -0.371 e. The van der Waals surface area contributed by atoms with Crippen LogP contribution in [0.4, 0.5) is 5.69 Å². The topological polar surface area (TPSA) is 29.3 Å². The molecular weight excluding hydrogens is 244 g/mol. The van der Waals surface area contributed by atoms with Gasteiger partial charge in [-0.2, -0.15) is 0 Å². The molecule has 1 unspecified atom stereocenters. The van der Waals surface area contributed by atoms with Gasteiger partial charge in [0, 0.05) is 24.8 Å². The number of hydrogen-bond donors (Lipinski definition) is 1. The molecule has 0 radical (unpaired) electrons. The third-order valence-corrected chi connectivity index (χ3v) is 3.29. The molecule has 0 bridgehead atoms. The number of nitrogens with two attached hydrogens (primary N) is 1. The summed E-state index contributed by atoms with van der Waals surface area (Å²) < 4.78 is 0. The molecule has 0 saturated heterocycles.